The fourth-order valence-corrected chi connectivity index (χ4v) is 2.65. The molecule has 0 spiro atoms. The lowest BCUT2D eigenvalue weighted by Crippen LogP contribution is -2.20. The van der Waals surface area contributed by atoms with Crippen LogP contribution in [0.3, 0.4) is 0 Å². The van der Waals surface area contributed by atoms with Gasteiger partial charge < -0.3 is 0 Å². The van der Waals surface area contributed by atoms with Crippen molar-refractivity contribution in [3.05, 3.63) is 0 Å². The molecule has 0 aromatic rings. The van der Waals surface area contributed by atoms with Crippen molar-refractivity contribution in [1.29, 1.82) is 0 Å². The summed E-state index contributed by atoms with van der Waals surface area (Å²) in [5.74, 6) is 0.884. The van der Waals surface area contributed by atoms with Gasteiger partial charge >= 0.3 is 0 Å². The second-order valence-electron chi connectivity index (χ2n) is 9.49. The highest BCUT2D eigenvalue weighted by Crippen LogP contribution is 2.37. The summed E-state index contributed by atoms with van der Waals surface area (Å²) in [5, 5.41) is 0. The van der Waals surface area contributed by atoms with E-state index in [4.69, 9.17) is 0 Å². The molecular weight excluding hydrogens is 204 g/mol. The highest BCUT2D eigenvalue weighted by molar-refractivity contribution is 4.76. The minimum absolute atomic E-state index is 0.466. The Morgan fingerprint density at radius 2 is 0.941 bits per heavy atom. The van der Waals surface area contributed by atoms with Crippen LogP contribution in [-0.2, 0) is 0 Å². The van der Waals surface area contributed by atoms with Gasteiger partial charge in [0.05, 0.1) is 0 Å². The molecule has 0 heteroatoms. The molecule has 0 saturated carbocycles. The SMILES string of the molecule is CC(C)(C)CCC(CC(C)(C)C)CC(C)(C)C. The normalized spacial score (nSPS) is 14.5. The van der Waals surface area contributed by atoms with Gasteiger partial charge in [-0.25, -0.2) is 0 Å². The van der Waals surface area contributed by atoms with Gasteiger partial charge in [0, 0.05) is 0 Å². The average Bonchev–Trinajstić information content (AvgIpc) is 1.92. The summed E-state index contributed by atoms with van der Waals surface area (Å²) in [6.07, 6.45) is 5.46. The number of hydrogen-bond acceptors (Lipinski definition) is 0. The molecule has 0 aromatic heterocycles. The fourth-order valence-electron chi connectivity index (χ4n) is 2.65. The fraction of sp³-hybridized carbons (Fsp3) is 1.00. The molecule has 0 aliphatic carbocycles. The topological polar surface area (TPSA) is 0 Å². The van der Waals surface area contributed by atoms with E-state index in [1.165, 1.54) is 25.7 Å². The molecule has 0 fully saturated rings. The van der Waals surface area contributed by atoms with Gasteiger partial charge in [-0.15, -0.1) is 0 Å². The maximum Gasteiger partial charge on any atom is -0.0380 e. The van der Waals surface area contributed by atoms with E-state index >= 15 is 0 Å². The average molecular weight is 240 g/mol. The summed E-state index contributed by atoms with van der Waals surface area (Å²) in [5.41, 5.74) is 1.41. The highest BCUT2D eigenvalue weighted by Gasteiger charge is 2.25. The van der Waals surface area contributed by atoms with Gasteiger partial charge in [-0.05, 0) is 47.8 Å². The zero-order valence-electron chi connectivity index (χ0n) is 13.9. The van der Waals surface area contributed by atoms with Crippen LogP contribution in [0.1, 0.15) is 88.0 Å². The lowest BCUT2D eigenvalue weighted by molar-refractivity contribution is 0.190. The van der Waals surface area contributed by atoms with Crippen molar-refractivity contribution in [3.8, 4) is 0 Å². The van der Waals surface area contributed by atoms with Crippen LogP contribution < -0.4 is 0 Å². The zero-order chi connectivity index (χ0) is 13.9. The molecule has 0 unspecified atom stereocenters. The lowest BCUT2D eigenvalue weighted by atomic mass is 9.73. The van der Waals surface area contributed by atoms with Crippen molar-refractivity contribution in [2.45, 2.75) is 88.0 Å². The minimum atomic E-state index is 0.466. The summed E-state index contributed by atoms with van der Waals surface area (Å²) in [7, 11) is 0. The largest absolute Gasteiger partial charge is 0.0602 e. The second kappa shape index (κ2) is 5.76. The van der Waals surface area contributed by atoms with Gasteiger partial charge in [0.1, 0.15) is 0 Å². The number of rotatable bonds is 4. The monoisotopic (exact) mass is 240 g/mol. The first-order chi connectivity index (χ1) is 7.29. The third-order valence-corrected chi connectivity index (χ3v) is 3.10. The molecule has 17 heavy (non-hydrogen) atoms. The molecule has 0 saturated heterocycles. The van der Waals surface area contributed by atoms with Crippen molar-refractivity contribution < 1.29 is 0 Å². The third kappa shape index (κ3) is 12.2. The van der Waals surface area contributed by atoms with Crippen LogP contribution in [-0.4, -0.2) is 0 Å². The zero-order valence-corrected chi connectivity index (χ0v) is 13.9. The van der Waals surface area contributed by atoms with Crippen LogP contribution in [0.2, 0.25) is 0 Å². The van der Waals surface area contributed by atoms with Crippen molar-refractivity contribution in [2.75, 3.05) is 0 Å². The molecule has 0 aromatic carbocycles. The van der Waals surface area contributed by atoms with Crippen LogP contribution in [0.25, 0.3) is 0 Å². The Bertz CT molecular complexity index is 188. The van der Waals surface area contributed by atoms with E-state index in [9.17, 15) is 0 Å². The van der Waals surface area contributed by atoms with Crippen LogP contribution >= 0.6 is 0 Å². The van der Waals surface area contributed by atoms with Gasteiger partial charge in [0.15, 0.2) is 0 Å². The summed E-state index contributed by atoms with van der Waals surface area (Å²) >= 11 is 0. The first kappa shape index (κ1) is 17.0. The van der Waals surface area contributed by atoms with Crippen LogP contribution in [0.5, 0.6) is 0 Å². The summed E-state index contributed by atoms with van der Waals surface area (Å²) in [6.45, 7) is 21.3. The minimum Gasteiger partial charge on any atom is -0.0602 e. The Kier molecular flexibility index (Phi) is 5.76. The van der Waals surface area contributed by atoms with E-state index in [0.717, 1.165) is 5.92 Å². The molecule has 0 aliphatic rings. The smallest absolute Gasteiger partial charge is 0.0380 e. The third-order valence-electron chi connectivity index (χ3n) is 3.10. The highest BCUT2D eigenvalue weighted by atomic mass is 14.3. The maximum absolute atomic E-state index is 2.37. The van der Waals surface area contributed by atoms with E-state index < -0.39 is 0 Å². The van der Waals surface area contributed by atoms with Crippen molar-refractivity contribution in [1.82, 2.24) is 0 Å². The molecular formula is C17H36. The van der Waals surface area contributed by atoms with Crippen LogP contribution in [0, 0.1) is 22.2 Å². The molecule has 0 atom stereocenters. The van der Waals surface area contributed by atoms with E-state index in [0.29, 0.717) is 16.2 Å². The Labute approximate surface area is 111 Å². The molecule has 0 N–H and O–H groups in total. The van der Waals surface area contributed by atoms with Crippen molar-refractivity contribution in [3.63, 3.8) is 0 Å². The Balaban J connectivity index is 4.42. The van der Waals surface area contributed by atoms with E-state index in [2.05, 4.69) is 62.3 Å². The summed E-state index contributed by atoms with van der Waals surface area (Å²) in [6, 6.07) is 0. The van der Waals surface area contributed by atoms with Gasteiger partial charge in [-0.1, -0.05) is 62.3 Å². The van der Waals surface area contributed by atoms with Gasteiger partial charge in [-0.2, -0.15) is 0 Å². The molecule has 104 valence electrons. The number of hydrogen-bond donors (Lipinski definition) is 0. The predicted octanol–water partition coefficient (Wildman–Crippen LogP) is 6.30. The summed E-state index contributed by atoms with van der Waals surface area (Å²) in [4.78, 5) is 0. The second-order valence-corrected chi connectivity index (χ2v) is 9.49. The molecule has 0 aliphatic heterocycles. The van der Waals surface area contributed by atoms with Crippen LogP contribution in [0.15, 0.2) is 0 Å². The van der Waals surface area contributed by atoms with Crippen molar-refractivity contribution in [2.24, 2.45) is 22.2 Å². The predicted molar refractivity (Wildman–Crippen MR) is 80.3 cm³/mol. The lowest BCUT2D eigenvalue weighted by Gasteiger charge is -2.33. The molecule has 0 nitrogen and oxygen atoms in total. The molecule has 0 amide bonds. The molecule has 0 bridgehead atoms. The Hall–Kier alpha value is 0. The quantitative estimate of drug-likeness (QED) is 0.541. The van der Waals surface area contributed by atoms with Gasteiger partial charge in [0.25, 0.3) is 0 Å². The Morgan fingerprint density at radius 1 is 0.588 bits per heavy atom. The first-order valence-electron chi connectivity index (χ1n) is 7.29. The Morgan fingerprint density at radius 3 is 1.18 bits per heavy atom. The molecule has 0 heterocycles. The standard InChI is InChI=1S/C17H36/c1-15(2,3)11-10-14(12-16(4,5)6)13-17(7,8)9/h14H,10-13H2,1-9H3. The summed E-state index contributed by atoms with van der Waals surface area (Å²) < 4.78 is 0. The molecule has 0 rings (SSSR count). The van der Waals surface area contributed by atoms with E-state index in [1.54, 1.807) is 0 Å². The molecule has 0 radical (unpaired) electrons. The van der Waals surface area contributed by atoms with Crippen molar-refractivity contribution >= 4 is 0 Å². The van der Waals surface area contributed by atoms with Crippen LogP contribution in [0.4, 0.5) is 0 Å². The maximum atomic E-state index is 2.37. The first-order valence-corrected chi connectivity index (χ1v) is 7.29. The van der Waals surface area contributed by atoms with E-state index in [-0.39, 0.29) is 0 Å². The van der Waals surface area contributed by atoms with Gasteiger partial charge in [0.2, 0.25) is 0 Å². The van der Waals surface area contributed by atoms with Gasteiger partial charge in [-0.3, -0.25) is 0 Å². The van der Waals surface area contributed by atoms with E-state index in [1.807, 2.05) is 0 Å².